The number of para-hydroxylation sites is 1. The number of aromatic nitrogens is 3. The molecule has 0 saturated heterocycles. The maximum Gasteiger partial charge on any atom is 0.191 e. The molecule has 0 spiro atoms. The number of nitrogens with zero attached hydrogens (tertiary/aromatic N) is 3. The zero-order chi connectivity index (χ0) is 11.5. The summed E-state index contributed by atoms with van der Waals surface area (Å²) in [6.45, 7) is -0.0334. The molecule has 2 rings (SSSR count). The van der Waals surface area contributed by atoms with Gasteiger partial charge in [-0.3, -0.25) is 4.68 Å². The molecular formula is C10H9F2N3O. The van der Waals surface area contributed by atoms with Crippen LogP contribution in [-0.4, -0.2) is 14.8 Å². The highest BCUT2D eigenvalue weighted by Gasteiger charge is 2.10. The second kappa shape index (κ2) is 4.26. The van der Waals surface area contributed by atoms with Crippen molar-refractivity contribution in [1.82, 2.24) is 14.8 Å². The lowest BCUT2D eigenvalue weighted by Gasteiger charge is -2.07. The Balaban J connectivity index is 2.14. The molecule has 0 bridgehead atoms. The fraction of sp³-hybridized carbons (Fsp3) is 0.200. The lowest BCUT2D eigenvalue weighted by atomic mass is 10.3. The molecule has 6 heteroatoms. The van der Waals surface area contributed by atoms with Gasteiger partial charge >= 0.3 is 0 Å². The quantitative estimate of drug-likeness (QED) is 0.797. The van der Waals surface area contributed by atoms with Gasteiger partial charge in [0.1, 0.15) is 12.9 Å². The molecule has 0 atom stereocenters. The molecule has 1 heterocycles. The maximum absolute atomic E-state index is 13.2. The van der Waals surface area contributed by atoms with Crippen LogP contribution in [0.25, 0.3) is 0 Å². The van der Waals surface area contributed by atoms with Crippen molar-refractivity contribution in [2.75, 3.05) is 0 Å². The lowest BCUT2D eigenvalue weighted by molar-refractivity contribution is 0.261. The van der Waals surface area contributed by atoms with Gasteiger partial charge in [0.15, 0.2) is 23.2 Å². The first-order valence-corrected chi connectivity index (χ1v) is 4.58. The molecular weight excluding hydrogens is 216 g/mol. The lowest BCUT2D eigenvalue weighted by Crippen LogP contribution is -2.06. The average Bonchev–Trinajstić information content (AvgIpc) is 2.64. The van der Waals surface area contributed by atoms with E-state index in [9.17, 15) is 8.78 Å². The largest absolute Gasteiger partial charge is 0.479 e. The van der Waals surface area contributed by atoms with E-state index in [1.54, 1.807) is 7.05 Å². The molecule has 0 amide bonds. The first kappa shape index (κ1) is 10.5. The number of hydrogen-bond acceptors (Lipinski definition) is 3. The summed E-state index contributed by atoms with van der Waals surface area (Å²) in [5.41, 5.74) is 0. The molecule has 2 aromatic rings. The summed E-state index contributed by atoms with van der Waals surface area (Å²) in [5, 5.41) is 3.81. The molecule has 0 radical (unpaired) electrons. The summed E-state index contributed by atoms with van der Waals surface area (Å²) < 4.78 is 32.8. The van der Waals surface area contributed by atoms with Crippen molar-refractivity contribution in [3.63, 3.8) is 0 Å². The van der Waals surface area contributed by atoms with Gasteiger partial charge in [-0.15, -0.1) is 0 Å². The van der Waals surface area contributed by atoms with E-state index < -0.39 is 17.4 Å². The number of halogens is 2. The molecule has 0 unspecified atom stereocenters. The molecule has 0 aliphatic heterocycles. The van der Waals surface area contributed by atoms with E-state index >= 15 is 0 Å². The molecule has 1 aromatic heterocycles. The predicted octanol–water partition coefficient (Wildman–Crippen LogP) is 1.67. The van der Waals surface area contributed by atoms with Crippen molar-refractivity contribution in [2.24, 2.45) is 7.05 Å². The Morgan fingerprint density at radius 3 is 2.56 bits per heavy atom. The summed E-state index contributed by atoms with van der Waals surface area (Å²) in [7, 11) is 1.67. The normalized spacial score (nSPS) is 10.4. The van der Waals surface area contributed by atoms with Crippen LogP contribution in [0.3, 0.4) is 0 Å². The van der Waals surface area contributed by atoms with E-state index in [0.717, 1.165) is 12.1 Å². The van der Waals surface area contributed by atoms with Crippen LogP contribution in [0.4, 0.5) is 8.78 Å². The van der Waals surface area contributed by atoms with Gasteiger partial charge in [-0.1, -0.05) is 6.07 Å². The van der Waals surface area contributed by atoms with Crippen molar-refractivity contribution in [1.29, 1.82) is 0 Å². The number of ether oxygens (including phenoxy) is 1. The summed E-state index contributed by atoms with van der Waals surface area (Å²) in [5.74, 6) is -1.38. The summed E-state index contributed by atoms with van der Waals surface area (Å²) in [6.07, 6.45) is 1.34. The standard InChI is InChI=1S/C10H9F2N3O/c1-15-9(13-6-14-15)5-16-10-7(11)3-2-4-8(10)12/h2-4,6H,5H2,1H3. The number of rotatable bonds is 3. The van der Waals surface area contributed by atoms with Crippen molar-refractivity contribution in [3.05, 3.63) is 42.0 Å². The molecule has 4 nitrogen and oxygen atoms in total. The molecule has 1 aromatic carbocycles. The van der Waals surface area contributed by atoms with Crippen LogP contribution in [-0.2, 0) is 13.7 Å². The topological polar surface area (TPSA) is 39.9 Å². The third-order valence-electron chi connectivity index (χ3n) is 2.07. The van der Waals surface area contributed by atoms with Crippen molar-refractivity contribution in [3.8, 4) is 5.75 Å². The fourth-order valence-corrected chi connectivity index (χ4v) is 1.21. The van der Waals surface area contributed by atoms with E-state index in [-0.39, 0.29) is 6.61 Å². The van der Waals surface area contributed by atoms with Crippen LogP contribution in [0, 0.1) is 11.6 Å². The van der Waals surface area contributed by atoms with Crippen LogP contribution < -0.4 is 4.74 Å². The second-order valence-corrected chi connectivity index (χ2v) is 3.14. The number of benzene rings is 1. The fourth-order valence-electron chi connectivity index (χ4n) is 1.21. The van der Waals surface area contributed by atoms with Gasteiger partial charge in [0.05, 0.1) is 0 Å². The molecule has 0 fully saturated rings. The highest BCUT2D eigenvalue weighted by Crippen LogP contribution is 2.21. The van der Waals surface area contributed by atoms with Crippen molar-refractivity contribution < 1.29 is 13.5 Å². The molecule has 0 N–H and O–H groups in total. The smallest absolute Gasteiger partial charge is 0.191 e. The first-order valence-electron chi connectivity index (χ1n) is 4.58. The van der Waals surface area contributed by atoms with Crippen LogP contribution in [0.15, 0.2) is 24.5 Å². The minimum Gasteiger partial charge on any atom is -0.479 e. The van der Waals surface area contributed by atoms with Gasteiger partial charge in [0.25, 0.3) is 0 Å². The Morgan fingerprint density at radius 1 is 1.31 bits per heavy atom. The van der Waals surface area contributed by atoms with Gasteiger partial charge in [-0.05, 0) is 12.1 Å². The predicted molar refractivity (Wildman–Crippen MR) is 51.7 cm³/mol. The van der Waals surface area contributed by atoms with Gasteiger partial charge in [-0.2, -0.15) is 5.10 Å². The third kappa shape index (κ3) is 2.00. The maximum atomic E-state index is 13.2. The van der Waals surface area contributed by atoms with Gasteiger partial charge < -0.3 is 4.74 Å². The summed E-state index contributed by atoms with van der Waals surface area (Å²) in [4.78, 5) is 3.87. The van der Waals surface area contributed by atoms with Crippen LogP contribution in [0.2, 0.25) is 0 Å². The van der Waals surface area contributed by atoms with Gasteiger partial charge in [-0.25, -0.2) is 13.8 Å². The monoisotopic (exact) mass is 225 g/mol. The molecule has 0 saturated carbocycles. The first-order chi connectivity index (χ1) is 7.68. The Labute approximate surface area is 90.5 Å². The van der Waals surface area contributed by atoms with Crippen molar-refractivity contribution >= 4 is 0 Å². The van der Waals surface area contributed by atoms with E-state index in [0.29, 0.717) is 5.82 Å². The zero-order valence-corrected chi connectivity index (χ0v) is 8.52. The van der Waals surface area contributed by atoms with Crippen LogP contribution >= 0.6 is 0 Å². The van der Waals surface area contributed by atoms with E-state index in [1.165, 1.54) is 17.1 Å². The third-order valence-corrected chi connectivity index (χ3v) is 2.07. The van der Waals surface area contributed by atoms with E-state index in [2.05, 4.69) is 10.1 Å². The number of hydrogen-bond donors (Lipinski definition) is 0. The Hall–Kier alpha value is -1.98. The van der Waals surface area contributed by atoms with E-state index in [4.69, 9.17) is 4.74 Å². The molecule has 84 valence electrons. The molecule has 0 aliphatic carbocycles. The molecule has 0 aliphatic rings. The van der Waals surface area contributed by atoms with E-state index in [1.807, 2.05) is 0 Å². The SMILES string of the molecule is Cn1ncnc1COc1c(F)cccc1F. The number of aryl methyl sites for hydroxylation is 1. The van der Waals surface area contributed by atoms with Gasteiger partial charge in [0, 0.05) is 7.05 Å². The minimum absolute atomic E-state index is 0.0334. The highest BCUT2D eigenvalue weighted by atomic mass is 19.1. The minimum atomic E-state index is -0.734. The van der Waals surface area contributed by atoms with Crippen LogP contribution in [0.5, 0.6) is 5.75 Å². The molecule has 16 heavy (non-hydrogen) atoms. The van der Waals surface area contributed by atoms with Gasteiger partial charge in [0.2, 0.25) is 0 Å². The Kier molecular flexibility index (Phi) is 2.80. The Morgan fingerprint density at radius 2 is 2.00 bits per heavy atom. The second-order valence-electron chi connectivity index (χ2n) is 3.14. The Bertz CT molecular complexity index is 478. The zero-order valence-electron chi connectivity index (χ0n) is 8.52. The summed E-state index contributed by atoms with van der Waals surface area (Å²) >= 11 is 0. The van der Waals surface area contributed by atoms with Crippen LogP contribution in [0.1, 0.15) is 5.82 Å². The average molecular weight is 225 g/mol. The summed E-state index contributed by atoms with van der Waals surface area (Å²) in [6, 6.07) is 3.55. The highest BCUT2D eigenvalue weighted by molar-refractivity contribution is 5.26. The van der Waals surface area contributed by atoms with Crippen molar-refractivity contribution in [2.45, 2.75) is 6.61 Å².